The van der Waals surface area contributed by atoms with Crippen LogP contribution in [0.3, 0.4) is 0 Å². The third-order valence-electron chi connectivity index (χ3n) is 0.858. The Bertz CT molecular complexity index is 72.1. The summed E-state index contributed by atoms with van der Waals surface area (Å²) in [5.41, 5.74) is -0.398. The molecule has 4 heteroatoms. The van der Waals surface area contributed by atoms with Crippen molar-refractivity contribution in [2.24, 2.45) is 0 Å². The summed E-state index contributed by atoms with van der Waals surface area (Å²) in [6, 6.07) is 0. The van der Waals surface area contributed by atoms with E-state index in [-0.39, 0.29) is 5.01 Å². The van der Waals surface area contributed by atoms with Gasteiger partial charge in [0.05, 0.1) is 0 Å². The van der Waals surface area contributed by atoms with Crippen molar-refractivity contribution in [2.45, 2.75) is 24.4 Å². The fourth-order valence-corrected chi connectivity index (χ4v) is 1.09. The maximum absolute atomic E-state index is 5.72. The van der Waals surface area contributed by atoms with Gasteiger partial charge in [-0.15, -0.1) is 0 Å². The van der Waals surface area contributed by atoms with Crippen molar-refractivity contribution in [2.75, 3.05) is 13.2 Å². The van der Waals surface area contributed by atoms with Gasteiger partial charge in [-0.25, -0.2) is 0 Å². The van der Waals surface area contributed by atoms with Gasteiger partial charge in [-0.05, 0) is 13.8 Å². The quantitative estimate of drug-likeness (QED) is 0.676. The van der Waals surface area contributed by atoms with E-state index in [2.05, 4.69) is 15.9 Å². The van der Waals surface area contributed by atoms with Gasteiger partial charge in [-0.2, -0.15) is 0 Å². The second-order valence-electron chi connectivity index (χ2n) is 1.61. The first-order chi connectivity index (χ1) is 4.72. The molecule has 0 spiro atoms. The van der Waals surface area contributed by atoms with Gasteiger partial charge in [0.2, 0.25) is 0 Å². The minimum Gasteiger partial charge on any atom is -0.363 e. The predicted molar refractivity (Wildman–Crippen MR) is 45.6 cm³/mol. The molecule has 0 amide bonds. The van der Waals surface area contributed by atoms with Gasteiger partial charge >= 0.3 is 0 Å². The summed E-state index contributed by atoms with van der Waals surface area (Å²) in [7, 11) is 0. The maximum Gasteiger partial charge on any atom is 0.167 e. The Labute approximate surface area is 75.0 Å². The second kappa shape index (κ2) is 6.40. The summed E-state index contributed by atoms with van der Waals surface area (Å²) in [5, 5.41) is -0.209. The molecule has 0 aromatic rings. The van der Waals surface area contributed by atoms with E-state index in [0.717, 1.165) is 0 Å². The summed E-state index contributed by atoms with van der Waals surface area (Å²) >= 11 is 8.94. The molecule has 0 radical (unpaired) electrons. The molecule has 0 aliphatic rings. The van der Waals surface area contributed by atoms with Gasteiger partial charge < -0.3 is 9.47 Å². The van der Waals surface area contributed by atoms with Crippen molar-refractivity contribution in [3.05, 3.63) is 0 Å². The largest absolute Gasteiger partial charge is 0.363 e. The topological polar surface area (TPSA) is 18.5 Å². The average molecular weight is 232 g/mol. The number of ether oxygens (including phenoxy) is 2. The van der Waals surface area contributed by atoms with Gasteiger partial charge in [-0.1, -0.05) is 27.5 Å². The number of hydrogen-bond acceptors (Lipinski definition) is 2. The molecule has 62 valence electrons. The van der Waals surface area contributed by atoms with Crippen molar-refractivity contribution in [3.8, 4) is 0 Å². The van der Waals surface area contributed by atoms with Crippen molar-refractivity contribution in [1.29, 1.82) is 0 Å². The molecule has 2 atom stereocenters. The normalized spacial score (nSPS) is 16.8. The Morgan fingerprint density at radius 3 is 2.20 bits per heavy atom. The first-order valence-electron chi connectivity index (χ1n) is 3.23. The molecule has 2 unspecified atom stereocenters. The van der Waals surface area contributed by atoms with Crippen LogP contribution in [0, 0.1) is 0 Å². The van der Waals surface area contributed by atoms with E-state index in [0.29, 0.717) is 13.2 Å². The van der Waals surface area contributed by atoms with E-state index in [1.54, 1.807) is 0 Å². The zero-order chi connectivity index (χ0) is 7.98. The molecule has 10 heavy (non-hydrogen) atoms. The maximum atomic E-state index is 5.72. The highest BCUT2D eigenvalue weighted by atomic mass is 79.9. The number of alkyl halides is 2. The number of halogens is 2. The lowest BCUT2D eigenvalue weighted by Crippen LogP contribution is -2.21. The lowest BCUT2D eigenvalue weighted by atomic mass is 10.7. The summed E-state index contributed by atoms with van der Waals surface area (Å²) in [6.45, 7) is 5.03. The predicted octanol–water partition coefficient (Wildman–Crippen LogP) is 2.35. The molecular weight excluding hydrogens is 219 g/mol. The van der Waals surface area contributed by atoms with Crippen molar-refractivity contribution < 1.29 is 9.47 Å². The van der Waals surface area contributed by atoms with Crippen LogP contribution in [0.1, 0.15) is 13.8 Å². The van der Waals surface area contributed by atoms with Crippen LogP contribution in [-0.4, -0.2) is 23.8 Å². The lowest BCUT2D eigenvalue weighted by Gasteiger charge is -2.15. The average Bonchev–Trinajstić information content (AvgIpc) is 1.89. The van der Waals surface area contributed by atoms with E-state index < -0.39 is 5.56 Å². The van der Waals surface area contributed by atoms with Crippen molar-refractivity contribution >= 4 is 27.5 Å². The SMILES string of the molecule is CCOC(Cl)C(Br)OCC. The molecule has 0 N–H and O–H groups in total. The molecule has 0 fully saturated rings. The zero-order valence-electron chi connectivity index (χ0n) is 6.14. The van der Waals surface area contributed by atoms with E-state index in [1.807, 2.05) is 13.8 Å². The van der Waals surface area contributed by atoms with E-state index in [4.69, 9.17) is 21.1 Å². The standard InChI is InChI=1S/C6H12BrClO2/c1-3-9-5(7)6(8)10-4-2/h5-6H,3-4H2,1-2H3. The monoisotopic (exact) mass is 230 g/mol. The van der Waals surface area contributed by atoms with Gasteiger partial charge in [0.25, 0.3) is 0 Å². The molecule has 2 nitrogen and oxygen atoms in total. The Balaban J connectivity index is 3.38. The van der Waals surface area contributed by atoms with Gasteiger partial charge in [-0.3, -0.25) is 0 Å². The van der Waals surface area contributed by atoms with Crippen LogP contribution in [0.2, 0.25) is 0 Å². The van der Waals surface area contributed by atoms with Crippen LogP contribution in [0.5, 0.6) is 0 Å². The van der Waals surface area contributed by atoms with E-state index in [1.165, 1.54) is 0 Å². The van der Waals surface area contributed by atoms with Crippen LogP contribution in [0.4, 0.5) is 0 Å². The fraction of sp³-hybridized carbons (Fsp3) is 1.00. The summed E-state index contributed by atoms with van der Waals surface area (Å²) in [5.74, 6) is 0. The highest BCUT2D eigenvalue weighted by molar-refractivity contribution is 9.09. The molecule has 0 aromatic carbocycles. The van der Waals surface area contributed by atoms with E-state index >= 15 is 0 Å². The number of rotatable bonds is 5. The molecule has 0 heterocycles. The minimum atomic E-state index is -0.398. The molecule has 0 bridgehead atoms. The number of hydrogen-bond donors (Lipinski definition) is 0. The van der Waals surface area contributed by atoms with Crippen LogP contribution < -0.4 is 0 Å². The highest BCUT2D eigenvalue weighted by Gasteiger charge is 2.14. The Morgan fingerprint density at radius 2 is 1.80 bits per heavy atom. The van der Waals surface area contributed by atoms with Crippen LogP contribution in [0.25, 0.3) is 0 Å². The molecular formula is C6H12BrClO2. The zero-order valence-corrected chi connectivity index (χ0v) is 8.48. The molecule has 0 aliphatic carbocycles. The van der Waals surface area contributed by atoms with Gasteiger partial charge in [0.1, 0.15) is 0 Å². The first-order valence-corrected chi connectivity index (χ1v) is 4.58. The second-order valence-corrected chi connectivity index (χ2v) is 2.95. The molecule has 0 aromatic heterocycles. The van der Waals surface area contributed by atoms with Crippen molar-refractivity contribution in [1.82, 2.24) is 0 Å². The Hall–Kier alpha value is 0.690. The summed E-state index contributed by atoms with van der Waals surface area (Å²) < 4.78 is 10.2. The molecule has 0 rings (SSSR count). The van der Waals surface area contributed by atoms with Crippen LogP contribution in [0.15, 0.2) is 0 Å². The third kappa shape index (κ3) is 4.50. The lowest BCUT2D eigenvalue weighted by molar-refractivity contribution is 0.0197. The van der Waals surface area contributed by atoms with Crippen LogP contribution >= 0.6 is 27.5 Å². The molecule has 0 saturated carbocycles. The smallest absolute Gasteiger partial charge is 0.167 e. The van der Waals surface area contributed by atoms with Crippen LogP contribution in [-0.2, 0) is 9.47 Å². The Kier molecular flexibility index (Phi) is 6.85. The highest BCUT2D eigenvalue weighted by Crippen LogP contribution is 2.14. The van der Waals surface area contributed by atoms with Gasteiger partial charge in [0.15, 0.2) is 10.6 Å². The summed E-state index contributed by atoms with van der Waals surface area (Å²) in [6.07, 6.45) is 0. The Morgan fingerprint density at radius 1 is 1.30 bits per heavy atom. The minimum absolute atomic E-state index is 0.209. The first kappa shape index (κ1) is 10.7. The van der Waals surface area contributed by atoms with Crippen molar-refractivity contribution in [3.63, 3.8) is 0 Å². The summed E-state index contributed by atoms with van der Waals surface area (Å²) in [4.78, 5) is 0. The third-order valence-corrected chi connectivity index (χ3v) is 2.26. The van der Waals surface area contributed by atoms with Gasteiger partial charge in [0, 0.05) is 13.2 Å². The molecule has 0 saturated heterocycles. The van der Waals surface area contributed by atoms with E-state index in [9.17, 15) is 0 Å². The molecule has 0 aliphatic heterocycles. The fourth-order valence-electron chi connectivity index (χ4n) is 0.470.